The lowest BCUT2D eigenvalue weighted by molar-refractivity contribution is -0.145. The number of aliphatic carboxylic acids is 1. The second kappa shape index (κ2) is 5.63. The average Bonchev–Trinajstić information content (AvgIpc) is 2.79. The van der Waals surface area contributed by atoms with E-state index >= 15 is 0 Å². The Hall–Kier alpha value is -1.04. The number of amides is 1. The van der Waals surface area contributed by atoms with Gasteiger partial charge in [-0.3, -0.25) is 0 Å². The van der Waals surface area contributed by atoms with E-state index in [1.807, 2.05) is 0 Å². The number of carbonyl (C=O) groups is 2. The van der Waals surface area contributed by atoms with Crippen LogP contribution in [0.2, 0.25) is 24.2 Å². The third kappa shape index (κ3) is 3.78. The van der Waals surface area contributed by atoms with E-state index in [0.717, 1.165) is 12.1 Å². The monoisotopic (exact) mass is 313 g/mol. The van der Waals surface area contributed by atoms with Crippen molar-refractivity contribution in [3.8, 4) is 0 Å². The Morgan fingerprint density at radius 1 is 1.10 bits per heavy atom. The van der Waals surface area contributed by atoms with Gasteiger partial charge < -0.3 is 15.2 Å². The van der Waals surface area contributed by atoms with Crippen molar-refractivity contribution in [3.63, 3.8) is 0 Å². The molecule has 0 unspecified atom stereocenters. The molecule has 0 aromatic carbocycles. The molecule has 5 nitrogen and oxygen atoms in total. The maximum atomic E-state index is 12.0. The fraction of sp³-hybridized carbons (Fsp3) is 0.867. The number of carboxylic acid groups (broad SMARTS) is 1. The smallest absolute Gasteiger partial charge is 0.408 e. The molecule has 6 heteroatoms. The van der Waals surface area contributed by atoms with Crippen LogP contribution in [0.3, 0.4) is 0 Å². The van der Waals surface area contributed by atoms with Gasteiger partial charge >= 0.3 is 12.1 Å². The first kappa shape index (κ1) is 16.3. The van der Waals surface area contributed by atoms with Crippen molar-refractivity contribution in [3.05, 3.63) is 0 Å². The molecule has 2 N–H and O–H groups in total. The standard InChI is InChI=1S/C15H27NO4Si/c1-14(2,3)20-13(19)16-15(12(17)18)6-10-21(11-7-15)8-4-5-9-21/h4-11H2,1-3H3,(H,16,19)(H,17,18). The largest absolute Gasteiger partial charge is 0.480 e. The highest BCUT2D eigenvalue weighted by Gasteiger charge is 2.50. The van der Waals surface area contributed by atoms with E-state index in [1.165, 1.54) is 24.9 Å². The molecule has 21 heavy (non-hydrogen) atoms. The molecule has 2 heterocycles. The van der Waals surface area contributed by atoms with Crippen LogP contribution < -0.4 is 5.32 Å². The van der Waals surface area contributed by atoms with Crippen LogP contribution in [0.5, 0.6) is 0 Å². The Morgan fingerprint density at radius 3 is 2.05 bits per heavy atom. The van der Waals surface area contributed by atoms with Gasteiger partial charge in [0.05, 0.1) is 8.07 Å². The van der Waals surface area contributed by atoms with Gasteiger partial charge in [-0.1, -0.05) is 37.0 Å². The lowest BCUT2D eigenvalue weighted by Gasteiger charge is -2.41. The molecule has 2 fully saturated rings. The van der Waals surface area contributed by atoms with Gasteiger partial charge in [-0.25, -0.2) is 9.59 Å². The van der Waals surface area contributed by atoms with Gasteiger partial charge in [-0.05, 0) is 33.6 Å². The SMILES string of the molecule is CC(C)(C)OC(=O)NC1(C(=O)O)CC[Si]2(CCCC2)CC1. The molecule has 0 aliphatic carbocycles. The lowest BCUT2D eigenvalue weighted by atomic mass is 9.92. The van der Waals surface area contributed by atoms with Crippen LogP contribution >= 0.6 is 0 Å². The van der Waals surface area contributed by atoms with E-state index in [4.69, 9.17) is 4.74 Å². The molecular formula is C15H27NO4Si. The minimum atomic E-state index is -1.21. The van der Waals surface area contributed by atoms with Crippen LogP contribution in [0, 0.1) is 0 Å². The van der Waals surface area contributed by atoms with Crippen LogP contribution in [-0.4, -0.2) is 36.4 Å². The minimum Gasteiger partial charge on any atom is -0.480 e. The molecule has 2 aliphatic heterocycles. The Morgan fingerprint density at radius 2 is 1.62 bits per heavy atom. The minimum absolute atomic E-state index is 0.563. The summed E-state index contributed by atoms with van der Waals surface area (Å²) in [4.78, 5) is 23.7. The number of carboxylic acids is 1. The van der Waals surface area contributed by atoms with E-state index in [9.17, 15) is 14.7 Å². The van der Waals surface area contributed by atoms with Gasteiger partial charge in [0.25, 0.3) is 0 Å². The molecule has 1 amide bonds. The lowest BCUT2D eigenvalue weighted by Crippen LogP contribution is -2.59. The second-order valence-corrected chi connectivity index (χ2v) is 12.7. The molecule has 1 spiro atoms. The van der Waals surface area contributed by atoms with Crippen molar-refractivity contribution < 1.29 is 19.4 Å². The van der Waals surface area contributed by atoms with E-state index in [0.29, 0.717) is 12.8 Å². The summed E-state index contributed by atoms with van der Waals surface area (Å²) < 4.78 is 5.23. The third-order valence-electron chi connectivity index (χ3n) is 4.98. The summed E-state index contributed by atoms with van der Waals surface area (Å²) in [6.07, 6.45) is 3.13. The Balaban J connectivity index is 2.02. The van der Waals surface area contributed by atoms with Crippen LogP contribution in [-0.2, 0) is 9.53 Å². The topological polar surface area (TPSA) is 75.6 Å². The van der Waals surface area contributed by atoms with Gasteiger partial charge in [0.2, 0.25) is 0 Å². The zero-order valence-electron chi connectivity index (χ0n) is 13.3. The highest BCUT2D eigenvalue weighted by Crippen LogP contribution is 2.45. The summed E-state index contributed by atoms with van der Waals surface area (Å²) >= 11 is 0. The Kier molecular flexibility index (Phi) is 4.38. The van der Waals surface area contributed by atoms with Crippen molar-refractivity contribution in [1.29, 1.82) is 0 Å². The number of carbonyl (C=O) groups excluding carboxylic acids is 1. The van der Waals surface area contributed by atoms with Crippen molar-refractivity contribution in [2.75, 3.05) is 0 Å². The zero-order chi connectivity index (χ0) is 15.7. The maximum Gasteiger partial charge on any atom is 0.408 e. The number of nitrogens with one attached hydrogen (secondary N) is 1. The fourth-order valence-corrected chi connectivity index (χ4v) is 9.14. The van der Waals surface area contributed by atoms with Crippen LogP contribution in [0.1, 0.15) is 46.5 Å². The zero-order valence-corrected chi connectivity index (χ0v) is 14.3. The van der Waals surface area contributed by atoms with Crippen LogP contribution in [0.4, 0.5) is 4.79 Å². The molecule has 2 saturated heterocycles. The molecule has 0 aromatic rings. The fourth-order valence-electron chi connectivity index (χ4n) is 3.72. The van der Waals surface area contributed by atoms with Gasteiger partial charge in [0.1, 0.15) is 11.1 Å². The molecule has 0 radical (unpaired) electrons. The van der Waals surface area contributed by atoms with E-state index in [-0.39, 0.29) is 0 Å². The predicted molar refractivity (Wildman–Crippen MR) is 83.2 cm³/mol. The second-order valence-electron chi connectivity index (χ2n) is 7.72. The quantitative estimate of drug-likeness (QED) is 0.766. The maximum absolute atomic E-state index is 12.0. The third-order valence-corrected chi connectivity index (χ3v) is 10.4. The van der Waals surface area contributed by atoms with Crippen LogP contribution in [0.25, 0.3) is 0 Å². The van der Waals surface area contributed by atoms with Crippen LogP contribution in [0.15, 0.2) is 0 Å². The summed E-state index contributed by atoms with van der Waals surface area (Å²) in [5.74, 6) is -0.921. The summed E-state index contributed by atoms with van der Waals surface area (Å²) in [6.45, 7) is 5.34. The average molecular weight is 313 g/mol. The van der Waals surface area contributed by atoms with Gasteiger partial charge in [0, 0.05) is 0 Å². The first-order chi connectivity index (χ1) is 9.67. The predicted octanol–water partition coefficient (Wildman–Crippen LogP) is 3.37. The van der Waals surface area contributed by atoms with E-state index in [2.05, 4.69) is 5.32 Å². The summed E-state index contributed by atoms with van der Waals surface area (Å²) in [5, 5.41) is 12.3. The summed E-state index contributed by atoms with van der Waals surface area (Å²) in [7, 11) is -1.21. The van der Waals surface area contributed by atoms with E-state index < -0.39 is 31.3 Å². The van der Waals surface area contributed by atoms with Crippen molar-refractivity contribution >= 4 is 20.1 Å². The molecular weight excluding hydrogens is 286 g/mol. The summed E-state index contributed by atoms with van der Waals surface area (Å²) in [6, 6.07) is 4.73. The highest BCUT2D eigenvalue weighted by atomic mass is 28.3. The highest BCUT2D eigenvalue weighted by molar-refractivity contribution is 6.80. The van der Waals surface area contributed by atoms with Crippen molar-refractivity contribution in [2.24, 2.45) is 0 Å². The van der Waals surface area contributed by atoms with Gasteiger partial charge in [-0.15, -0.1) is 0 Å². The number of hydrogen-bond acceptors (Lipinski definition) is 3. The molecule has 0 aromatic heterocycles. The Bertz CT molecular complexity index is 414. The molecule has 2 aliphatic rings. The number of alkyl carbamates (subject to hydrolysis) is 1. The number of ether oxygens (including phenoxy) is 1. The molecule has 120 valence electrons. The Labute approximate surface area is 127 Å². The molecule has 0 atom stereocenters. The number of hydrogen-bond donors (Lipinski definition) is 2. The van der Waals surface area contributed by atoms with E-state index in [1.54, 1.807) is 20.8 Å². The van der Waals surface area contributed by atoms with Crippen molar-refractivity contribution in [1.82, 2.24) is 5.32 Å². The normalized spacial score (nSPS) is 23.8. The van der Waals surface area contributed by atoms with Gasteiger partial charge in [0.15, 0.2) is 0 Å². The molecule has 2 rings (SSSR count). The number of rotatable bonds is 2. The first-order valence-corrected chi connectivity index (χ1v) is 10.7. The van der Waals surface area contributed by atoms with Gasteiger partial charge in [-0.2, -0.15) is 0 Å². The first-order valence-electron chi connectivity index (χ1n) is 7.91. The summed E-state index contributed by atoms with van der Waals surface area (Å²) in [5.41, 5.74) is -1.73. The van der Waals surface area contributed by atoms with Crippen molar-refractivity contribution in [2.45, 2.75) is 81.8 Å². The molecule has 0 saturated carbocycles. The molecule has 0 bridgehead atoms.